The molecule has 3 aromatic carbocycles. The summed E-state index contributed by atoms with van der Waals surface area (Å²) in [4.78, 5) is 12.5. The first kappa shape index (κ1) is 28.8. The first-order chi connectivity index (χ1) is 17.1. The van der Waals surface area contributed by atoms with Gasteiger partial charge in [-0.2, -0.15) is 30.6 Å². The van der Waals surface area contributed by atoms with Crippen LogP contribution in [-0.4, -0.2) is 25.2 Å². The van der Waals surface area contributed by atoms with Crippen molar-refractivity contribution in [3.8, 4) is 0 Å². The Morgan fingerprint density at radius 2 is 1.41 bits per heavy atom. The maximum absolute atomic E-state index is 13.3. The fraction of sp³-hybridized carbons (Fsp3) is 0.174. The first-order valence-corrected chi connectivity index (χ1v) is 12.4. The number of nitrogens with one attached hydrogen (secondary N) is 1. The minimum Gasteiger partial charge on any atom is -0.325 e. The standard InChI is InChI=1S/C23H16Cl2F6N2O3S/c24-17-7-6-14(20(25)11-17)12-33(37(35,36)19-4-2-1-3-5-19)13-21(34)32-18-9-15(22(26,27)28)8-16(10-18)23(29,30)31/h1-11H,12-13H2,(H,32,34). The summed E-state index contributed by atoms with van der Waals surface area (Å²) in [7, 11) is -4.36. The van der Waals surface area contributed by atoms with E-state index in [-0.39, 0.29) is 26.6 Å². The van der Waals surface area contributed by atoms with Crippen LogP contribution in [-0.2, 0) is 33.7 Å². The van der Waals surface area contributed by atoms with E-state index in [4.69, 9.17) is 23.2 Å². The van der Waals surface area contributed by atoms with Crippen LogP contribution >= 0.6 is 23.2 Å². The number of sulfonamides is 1. The van der Waals surface area contributed by atoms with Crippen LogP contribution in [0.15, 0.2) is 71.6 Å². The molecule has 0 aromatic heterocycles. The van der Waals surface area contributed by atoms with Crippen molar-refractivity contribution < 1.29 is 39.6 Å². The molecular weight excluding hydrogens is 569 g/mol. The Labute approximate surface area is 217 Å². The summed E-state index contributed by atoms with van der Waals surface area (Å²) in [6.07, 6.45) is -10.3. The van der Waals surface area contributed by atoms with Crippen LogP contribution in [0.4, 0.5) is 32.0 Å². The van der Waals surface area contributed by atoms with Crippen molar-refractivity contribution in [3.05, 3.63) is 93.5 Å². The summed E-state index contributed by atoms with van der Waals surface area (Å²) in [6.45, 7) is -1.40. The van der Waals surface area contributed by atoms with Crippen molar-refractivity contribution in [2.24, 2.45) is 0 Å². The predicted octanol–water partition coefficient (Wildman–Crippen LogP) is 6.86. The third-order valence-electron chi connectivity index (χ3n) is 4.93. The highest BCUT2D eigenvalue weighted by Crippen LogP contribution is 2.37. The Balaban J connectivity index is 1.96. The summed E-state index contributed by atoms with van der Waals surface area (Å²) >= 11 is 12.0. The minimum absolute atomic E-state index is 0.0777. The quantitative estimate of drug-likeness (QED) is 0.308. The zero-order valence-corrected chi connectivity index (χ0v) is 20.7. The van der Waals surface area contributed by atoms with Crippen LogP contribution in [0.1, 0.15) is 16.7 Å². The molecule has 0 fully saturated rings. The second kappa shape index (κ2) is 10.9. The van der Waals surface area contributed by atoms with Gasteiger partial charge in [0.2, 0.25) is 15.9 Å². The number of amides is 1. The van der Waals surface area contributed by atoms with Gasteiger partial charge in [-0.25, -0.2) is 8.42 Å². The van der Waals surface area contributed by atoms with E-state index in [1.807, 2.05) is 5.32 Å². The second-order valence-electron chi connectivity index (χ2n) is 7.66. The first-order valence-electron chi connectivity index (χ1n) is 10.2. The Kier molecular flexibility index (Phi) is 8.47. The van der Waals surface area contributed by atoms with Crippen molar-refractivity contribution in [1.29, 1.82) is 0 Å². The van der Waals surface area contributed by atoms with Crippen molar-refractivity contribution in [2.75, 3.05) is 11.9 Å². The molecule has 0 aliphatic rings. The molecule has 0 heterocycles. The van der Waals surface area contributed by atoms with E-state index in [2.05, 4.69) is 0 Å². The smallest absolute Gasteiger partial charge is 0.325 e. The van der Waals surface area contributed by atoms with Crippen LogP contribution in [0.25, 0.3) is 0 Å². The fourth-order valence-corrected chi connectivity index (χ4v) is 5.06. The number of carbonyl (C=O) groups excluding carboxylic acids is 1. The Hall–Kier alpha value is -2.80. The molecule has 0 saturated heterocycles. The SMILES string of the molecule is O=C(CN(Cc1ccc(Cl)cc1Cl)S(=O)(=O)c1ccccc1)Nc1cc(C(F)(F)F)cc(C(F)(F)F)c1. The van der Waals surface area contributed by atoms with Gasteiger partial charge in [0.05, 0.1) is 22.6 Å². The van der Waals surface area contributed by atoms with E-state index < -0.39 is 58.2 Å². The van der Waals surface area contributed by atoms with Crippen LogP contribution in [0, 0.1) is 0 Å². The van der Waals surface area contributed by atoms with E-state index in [0.717, 1.165) is 0 Å². The molecule has 37 heavy (non-hydrogen) atoms. The molecule has 3 aromatic rings. The molecule has 14 heteroatoms. The summed E-state index contributed by atoms with van der Waals surface area (Å²) in [5, 5.41) is 2.27. The van der Waals surface area contributed by atoms with Gasteiger partial charge in [-0.3, -0.25) is 4.79 Å². The van der Waals surface area contributed by atoms with E-state index in [0.29, 0.717) is 16.4 Å². The molecule has 0 spiro atoms. The summed E-state index contributed by atoms with van der Waals surface area (Å²) in [5.41, 5.74) is -3.84. The van der Waals surface area contributed by atoms with Gasteiger partial charge in [0.15, 0.2) is 0 Å². The lowest BCUT2D eigenvalue weighted by Crippen LogP contribution is -2.37. The van der Waals surface area contributed by atoms with Gasteiger partial charge >= 0.3 is 12.4 Å². The number of halogens is 8. The van der Waals surface area contributed by atoms with Crippen molar-refractivity contribution in [2.45, 2.75) is 23.8 Å². The average molecular weight is 585 g/mol. The van der Waals surface area contributed by atoms with Crippen LogP contribution in [0.3, 0.4) is 0 Å². The number of anilines is 1. The molecule has 198 valence electrons. The van der Waals surface area contributed by atoms with Gasteiger partial charge in [-0.1, -0.05) is 47.5 Å². The average Bonchev–Trinajstić information content (AvgIpc) is 2.79. The third-order valence-corrected chi connectivity index (χ3v) is 7.33. The molecule has 0 aliphatic heterocycles. The molecule has 0 radical (unpaired) electrons. The Morgan fingerprint density at radius 3 is 1.92 bits per heavy atom. The molecule has 0 unspecified atom stereocenters. The molecule has 1 N–H and O–H groups in total. The van der Waals surface area contributed by atoms with Gasteiger partial charge in [0.25, 0.3) is 0 Å². The monoisotopic (exact) mass is 584 g/mol. The normalized spacial score (nSPS) is 12.6. The second-order valence-corrected chi connectivity index (χ2v) is 10.4. The number of hydrogen-bond donors (Lipinski definition) is 1. The number of rotatable bonds is 7. The highest BCUT2D eigenvalue weighted by Gasteiger charge is 2.37. The van der Waals surface area contributed by atoms with Crippen molar-refractivity contribution in [1.82, 2.24) is 4.31 Å². The Bertz CT molecular complexity index is 1370. The van der Waals surface area contributed by atoms with Crippen molar-refractivity contribution in [3.63, 3.8) is 0 Å². The largest absolute Gasteiger partial charge is 0.416 e. The lowest BCUT2D eigenvalue weighted by molar-refractivity contribution is -0.143. The summed E-state index contributed by atoms with van der Waals surface area (Å²) < 4.78 is 106. The molecule has 0 bridgehead atoms. The van der Waals surface area contributed by atoms with Crippen molar-refractivity contribution >= 4 is 44.8 Å². The molecule has 5 nitrogen and oxygen atoms in total. The lowest BCUT2D eigenvalue weighted by atomic mass is 10.1. The molecule has 0 saturated carbocycles. The van der Waals surface area contributed by atoms with Crippen LogP contribution in [0.2, 0.25) is 10.0 Å². The van der Waals surface area contributed by atoms with Gasteiger partial charge in [0, 0.05) is 22.3 Å². The number of benzene rings is 3. The molecule has 0 aliphatic carbocycles. The molecule has 3 rings (SSSR count). The predicted molar refractivity (Wildman–Crippen MR) is 126 cm³/mol. The zero-order valence-electron chi connectivity index (χ0n) is 18.4. The summed E-state index contributed by atoms with van der Waals surface area (Å²) in [5.74, 6) is -1.18. The van der Waals surface area contributed by atoms with E-state index >= 15 is 0 Å². The van der Waals surface area contributed by atoms with Gasteiger partial charge in [-0.05, 0) is 48.0 Å². The summed E-state index contributed by atoms with van der Waals surface area (Å²) in [6, 6.07) is 11.7. The highest BCUT2D eigenvalue weighted by atomic mass is 35.5. The van der Waals surface area contributed by atoms with E-state index in [1.165, 1.54) is 42.5 Å². The topological polar surface area (TPSA) is 66.5 Å². The number of nitrogens with zero attached hydrogens (tertiary/aromatic N) is 1. The lowest BCUT2D eigenvalue weighted by Gasteiger charge is -2.23. The third kappa shape index (κ3) is 7.37. The number of hydrogen-bond acceptors (Lipinski definition) is 3. The van der Waals surface area contributed by atoms with E-state index in [1.54, 1.807) is 6.07 Å². The van der Waals surface area contributed by atoms with Gasteiger partial charge in [0.1, 0.15) is 0 Å². The maximum Gasteiger partial charge on any atom is 0.416 e. The van der Waals surface area contributed by atoms with Gasteiger partial charge in [-0.15, -0.1) is 0 Å². The fourth-order valence-electron chi connectivity index (χ4n) is 3.20. The van der Waals surface area contributed by atoms with Crippen LogP contribution in [0.5, 0.6) is 0 Å². The molecule has 0 atom stereocenters. The molecule has 1 amide bonds. The van der Waals surface area contributed by atoms with Gasteiger partial charge < -0.3 is 5.32 Å². The van der Waals surface area contributed by atoms with Crippen LogP contribution < -0.4 is 5.32 Å². The number of carbonyl (C=O) groups is 1. The maximum atomic E-state index is 13.3. The van der Waals surface area contributed by atoms with E-state index in [9.17, 15) is 39.6 Å². The Morgan fingerprint density at radius 1 is 0.838 bits per heavy atom. The minimum atomic E-state index is -5.13. The molecular formula is C23H16Cl2F6N2O3S. The number of alkyl halides is 6. The highest BCUT2D eigenvalue weighted by molar-refractivity contribution is 7.89. The zero-order chi connectivity index (χ0) is 27.6.